The van der Waals surface area contributed by atoms with Crippen LogP contribution >= 0.6 is 0 Å². The van der Waals surface area contributed by atoms with E-state index in [-0.39, 0.29) is 0 Å². The van der Waals surface area contributed by atoms with Crippen molar-refractivity contribution in [1.29, 1.82) is 0 Å². The SMILES string of the molecule is CCC(O)(CC)CNC1CCOc2ccccc21. The van der Waals surface area contributed by atoms with Crippen molar-refractivity contribution in [2.75, 3.05) is 13.2 Å². The quantitative estimate of drug-likeness (QED) is 0.843. The van der Waals surface area contributed by atoms with Gasteiger partial charge in [0.1, 0.15) is 5.75 Å². The minimum Gasteiger partial charge on any atom is -0.493 e. The maximum Gasteiger partial charge on any atom is 0.124 e. The zero-order chi connectivity index (χ0) is 13.0. The maximum absolute atomic E-state index is 10.3. The Balaban J connectivity index is 2.03. The van der Waals surface area contributed by atoms with Gasteiger partial charge in [-0.3, -0.25) is 0 Å². The summed E-state index contributed by atoms with van der Waals surface area (Å²) in [5.74, 6) is 0.970. The Bertz CT molecular complexity index is 388. The van der Waals surface area contributed by atoms with E-state index in [9.17, 15) is 5.11 Å². The highest BCUT2D eigenvalue weighted by molar-refractivity contribution is 5.37. The second kappa shape index (κ2) is 5.72. The number of aliphatic hydroxyl groups is 1. The number of rotatable bonds is 5. The summed E-state index contributed by atoms with van der Waals surface area (Å²) < 4.78 is 5.64. The van der Waals surface area contributed by atoms with E-state index in [0.29, 0.717) is 12.6 Å². The molecule has 1 unspecified atom stereocenters. The third-order valence-electron chi connectivity index (χ3n) is 3.95. The van der Waals surface area contributed by atoms with Crippen molar-refractivity contribution >= 4 is 0 Å². The van der Waals surface area contributed by atoms with Crippen LogP contribution in [0, 0.1) is 0 Å². The third kappa shape index (κ3) is 2.85. The smallest absolute Gasteiger partial charge is 0.124 e. The molecule has 0 aliphatic carbocycles. The topological polar surface area (TPSA) is 41.5 Å². The molecule has 0 bridgehead atoms. The van der Waals surface area contributed by atoms with E-state index in [1.54, 1.807) is 0 Å². The van der Waals surface area contributed by atoms with E-state index >= 15 is 0 Å². The van der Waals surface area contributed by atoms with Crippen LogP contribution in [0.4, 0.5) is 0 Å². The number of ether oxygens (including phenoxy) is 1. The van der Waals surface area contributed by atoms with Gasteiger partial charge in [0.15, 0.2) is 0 Å². The molecule has 1 heterocycles. The van der Waals surface area contributed by atoms with Gasteiger partial charge >= 0.3 is 0 Å². The van der Waals surface area contributed by atoms with Gasteiger partial charge < -0.3 is 15.2 Å². The summed E-state index contributed by atoms with van der Waals surface area (Å²) in [5, 5.41) is 13.8. The molecule has 18 heavy (non-hydrogen) atoms. The first kappa shape index (κ1) is 13.4. The maximum atomic E-state index is 10.3. The fourth-order valence-corrected chi connectivity index (χ4v) is 2.37. The van der Waals surface area contributed by atoms with E-state index in [2.05, 4.69) is 11.4 Å². The molecular formula is C15H23NO2. The average Bonchev–Trinajstić information content (AvgIpc) is 2.44. The summed E-state index contributed by atoms with van der Waals surface area (Å²) in [6.07, 6.45) is 2.52. The number of para-hydroxylation sites is 1. The lowest BCUT2D eigenvalue weighted by atomic mass is 9.95. The first-order valence-corrected chi connectivity index (χ1v) is 6.86. The van der Waals surface area contributed by atoms with Crippen LogP contribution in [0.2, 0.25) is 0 Å². The van der Waals surface area contributed by atoms with E-state index in [1.165, 1.54) is 5.56 Å². The third-order valence-corrected chi connectivity index (χ3v) is 3.95. The molecule has 0 saturated carbocycles. The fourth-order valence-electron chi connectivity index (χ4n) is 2.37. The molecule has 2 rings (SSSR count). The summed E-state index contributed by atoms with van der Waals surface area (Å²) in [6, 6.07) is 8.43. The van der Waals surface area contributed by atoms with Gasteiger partial charge in [-0.25, -0.2) is 0 Å². The van der Waals surface area contributed by atoms with Crippen molar-refractivity contribution in [3.8, 4) is 5.75 Å². The van der Waals surface area contributed by atoms with Gasteiger partial charge in [-0.05, 0) is 18.9 Å². The van der Waals surface area contributed by atoms with Crippen LogP contribution in [0.5, 0.6) is 5.75 Å². The van der Waals surface area contributed by atoms with E-state index in [4.69, 9.17) is 4.74 Å². The summed E-state index contributed by atoms with van der Waals surface area (Å²) in [4.78, 5) is 0. The van der Waals surface area contributed by atoms with Crippen LogP contribution in [-0.4, -0.2) is 23.9 Å². The van der Waals surface area contributed by atoms with Crippen LogP contribution in [-0.2, 0) is 0 Å². The Labute approximate surface area is 109 Å². The molecule has 100 valence electrons. The van der Waals surface area contributed by atoms with Gasteiger partial charge in [-0.15, -0.1) is 0 Å². The average molecular weight is 249 g/mol. The highest BCUT2D eigenvalue weighted by Gasteiger charge is 2.26. The molecule has 0 fully saturated rings. The van der Waals surface area contributed by atoms with Gasteiger partial charge in [-0.1, -0.05) is 32.0 Å². The summed E-state index contributed by atoms with van der Waals surface area (Å²) in [6.45, 7) is 5.44. The summed E-state index contributed by atoms with van der Waals surface area (Å²) in [7, 11) is 0. The van der Waals surface area contributed by atoms with Crippen LogP contribution < -0.4 is 10.1 Å². The van der Waals surface area contributed by atoms with Crippen LogP contribution in [0.25, 0.3) is 0 Å². The van der Waals surface area contributed by atoms with E-state index in [1.807, 2.05) is 32.0 Å². The van der Waals surface area contributed by atoms with Crippen LogP contribution in [0.3, 0.4) is 0 Å². The number of fused-ring (bicyclic) bond motifs is 1. The zero-order valence-electron chi connectivity index (χ0n) is 11.3. The Morgan fingerprint density at radius 2 is 2.06 bits per heavy atom. The molecule has 1 aromatic rings. The molecule has 1 aromatic carbocycles. The highest BCUT2D eigenvalue weighted by Crippen LogP contribution is 2.31. The van der Waals surface area contributed by atoms with Gasteiger partial charge in [0, 0.05) is 24.6 Å². The Kier molecular flexibility index (Phi) is 4.25. The fraction of sp³-hybridized carbons (Fsp3) is 0.600. The highest BCUT2D eigenvalue weighted by atomic mass is 16.5. The summed E-state index contributed by atoms with van der Waals surface area (Å²) in [5.41, 5.74) is 0.617. The lowest BCUT2D eigenvalue weighted by Crippen LogP contribution is -2.42. The second-order valence-electron chi connectivity index (χ2n) is 5.04. The molecule has 0 saturated heterocycles. The lowest BCUT2D eigenvalue weighted by Gasteiger charge is -2.31. The largest absolute Gasteiger partial charge is 0.493 e. The van der Waals surface area contributed by atoms with Gasteiger partial charge in [0.05, 0.1) is 12.2 Å². The Morgan fingerprint density at radius 1 is 1.33 bits per heavy atom. The monoisotopic (exact) mass is 249 g/mol. The summed E-state index contributed by atoms with van der Waals surface area (Å²) >= 11 is 0. The van der Waals surface area contributed by atoms with Crippen molar-refractivity contribution in [1.82, 2.24) is 5.32 Å². The number of hydrogen-bond acceptors (Lipinski definition) is 3. The molecule has 1 atom stereocenters. The molecule has 2 N–H and O–H groups in total. The molecular weight excluding hydrogens is 226 g/mol. The Hall–Kier alpha value is -1.06. The molecule has 0 spiro atoms. The number of nitrogens with one attached hydrogen (secondary N) is 1. The normalized spacial score (nSPS) is 19.2. The first-order valence-electron chi connectivity index (χ1n) is 6.86. The standard InChI is InChI=1S/C15H23NO2/c1-3-15(17,4-2)11-16-13-9-10-18-14-8-6-5-7-12(13)14/h5-8,13,16-17H,3-4,9-11H2,1-2H3. The van der Waals surface area contributed by atoms with Gasteiger partial charge in [0.2, 0.25) is 0 Å². The van der Waals surface area contributed by atoms with Gasteiger partial charge in [-0.2, -0.15) is 0 Å². The van der Waals surface area contributed by atoms with Gasteiger partial charge in [0.25, 0.3) is 0 Å². The predicted octanol–water partition coefficient (Wildman–Crippen LogP) is 2.65. The van der Waals surface area contributed by atoms with Crippen molar-refractivity contribution in [2.45, 2.75) is 44.8 Å². The number of benzene rings is 1. The molecule has 0 radical (unpaired) electrons. The molecule has 0 amide bonds. The molecule has 3 nitrogen and oxygen atoms in total. The molecule has 3 heteroatoms. The van der Waals surface area contributed by atoms with Crippen molar-refractivity contribution in [3.63, 3.8) is 0 Å². The van der Waals surface area contributed by atoms with Crippen molar-refractivity contribution in [2.24, 2.45) is 0 Å². The van der Waals surface area contributed by atoms with E-state index in [0.717, 1.165) is 31.6 Å². The zero-order valence-corrected chi connectivity index (χ0v) is 11.3. The Morgan fingerprint density at radius 3 is 2.78 bits per heavy atom. The number of hydrogen-bond donors (Lipinski definition) is 2. The second-order valence-corrected chi connectivity index (χ2v) is 5.04. The van der Waals surface area contributed by atoms with Crippen molar-refractivity contribution in [3.05, 3.63) is 29.8 Å². The van der Waals surface area contributed by atoms with E-state index < -0.39 is 5.60 Å². The lowest BCUT2D eigenvalue weighted by molar-refractivity contribution is 0.0284. The molecule has 0 aromatic heterocycles. The van der Waals surface area contributed by atoms with Crippen LogP contribution in [0.15, 0.2) is 24.3 Å². The molecule has 1 aliphatic rings. The minimum absolute atomic E-state index is 0.291. The minimum atomic E-state index is -0.590. The van der Waals surface area contributed by atoms with Crippen LogP contribution in [0.1, 0.15) is 44.7 Å². The first-order chi connectivity index (χ1) is 8.68. The predicted molar refractivity (Wildman–Crippen MR) is 72.8 cm³/mol. The van der Waals surface area contributed by atoms with Crippen molar-refractivity contribution < 1.29 is 9.84 Å². The molecule has 1 aliphatic heterocycles.